The number of allylic oxidation sites excluding steroid dienone is 1. The Labute approximate surface area is 278 Å². The largest absolute Gasteiger partial charge is 0.389 e. The standard InChI is InChI=1S/C18H20N4S.C17H22N4S/c19-13-16-17(7-8-20-18(16)23)22-10-4-9-21(11-12-22)14-15-5-2-1-3-6-15;1-14(16(12-18)17(19)22)21-9-5-8-20(10-11-21)13-15-6-3-2-4-7-15/h1-3,5-8H,4,9-12,14H2,(H,20,23);2-4,6-7H,5,8-11,13H2,1H3,(H2,19,22)/b;16-14-. The number of nitriles is 2. The number of aromatic nitrogens is 1. The van der Waals surface area contributed by atoms with Crippen molar-refractivity contribution in [2.45, 2.75) is 32.9 Å². The van der Waals surface area contributed by atoms with E-state index in [2.05, 4.69) is 91.3 Å². The highest BCUT2D eigenvalue weighted by molar-refractivity contribution is 7.80. The number of nitrogens with two attached hydrogens (primary N) is 1. The van der Waals surface area contributed by atoms with Crippen LogP contribution in [0.2, 0.25) is 0 Å². The van der Waals surface area contributed by atoms with Crippen molar-refractivity contribution in [2.24, 2.45) is 5.73 Å². The molecule has 0 aliphatic carbocycles. The van der Waals surface area contributed by atoms with Gasteiger partial charge in [-0.2, -0.15) is 10.5 Å². The lowest BCUT2D eigenvalue weighted by Crippen LogP contribution is -2.31. The van der Waals surface area contributed by atoms with Crippen LogP contribution in [-0.2, 0) is 13.1 Å². The van der Waals surface area contributed by atoms with Crippen molar-refractivity contribution >= 4 is 35.1 Å². The molecule has 2 aliphatic rings. The third-order valence-electron chi connectivity index (χ3n) is 8.26. The van der Waals surface area contributed by atoms with Gasteiger partial charge >= 0.3 is 0 Å². The predicted molar refractivity (Wildman–Crippen MR) is 188 cm³/mol. The van der Waals surface area contributed by atoms with Gasteiger partial charge in [0.2, 0.25) is 0 Å². The molecule has 3 N–H and O–H groups in total. The highest BCUT2D eigenvalue weighted by atomic mass is 32.1. The van der Waals surface area contributed by atoms with E-state index in [1.165, 1.54) is 11.1 Å². The van der Waals surface area contributed by atoms with Crippen LogP contribution in [0.25, 0.3) is 0 Å². The molecule has 3 aromatic rings. The summed E-state index contributed by atoms with van der Waals surface area (Å²) < 4.78 is 0.524. The fourth-order valence-corrected chi connectivity index (χ4v) is 6.24. The minimum absolute atomic E-state index is 0.186. The molecule has 234 valence electrons. The molecule has 0 unspecified atom stereocenters. The number of benzene rings is 2. The van der Waals surface area contributed by atoms with Crippen molar-refractivity contribution in [3.63, 3.8) is 0 Å². The first-order valence-electron chi connectivity index (χ1n) is 15.4. The summed E-state index contributed by atoms with van der Waals surface area (Å²) in [6.45, 7) is 11.7. The first-order chi connectivity index (χ1) is 21.9. The summed E-state index contributed by atoms with van der Waals surface area (Å²) in [5.74, 6) is 0. The molecule has 0 saturated carbocycles. The maximum atomic E-state index is 9.37. The zero-order valence-electron chi connectivity index (χ0n) is 26.0. The number of pyridine rings is 1. The Morgan fingerprint density at radius 3 is 1.93 bits per heavy atom. The topological polar surface area (TPSA) is 102 Å². The number of H-pyrrole nitrogens is 1. The molecule has 2 aliphatic heterocycles. The lowest BCUT2D eigenvalue weighted by atomic mass is 10.2. The van der Waals surface area contributed by atoms with Gasteiger partial charge in [-0.25, -0.2) is 0 Å². The SMILES string of the molecule is C/C(=C(\C#N)C(N)=S)N1CCCN(Cc2ccccc2)CC1.N#Cc1c(N2CCCN(Cc3ccccc3)CC2)cc[nH]c1=S. The van der Waals surface area contributed by atoms with Crippen LogP contribution >= 0.6 is 24.4 Å². The Morgan fingerprint density at radius 1 is 0.800 bits per heavy atom. The van der Waals surface area contributed by atoms with E-state index in [1.54, 1.807) is 0 Å². The average molecular weight is 639 g/mol. The Bertz CT molecular complexity index is 1570. The first kappa shape index (κ1) is 33.8. The van der Waals surface area contributed by atoms with Crippen molar-refractivity contribution in [1.29, 1.82) is 10.5 Å². The van der Waals surface area contributed by atoms with Crippen LogP contribution in [0.1, 0.15) is 36.5 Å². The Morgan fingerprint density at radius 2 is 1.38 bits per heavy atom. The average Bonchev–Trinajstić information content (AvgIpc) is 3.43. The van der Waals surface area contributed by atoms with Gasteiger partial charge < -0.3 is 20.5 Å². The number of thiocarbonyl (C=S) groups is 1. The zero-order valence-corrected chi connectivity index (χ0v) is 27.6. The molecule has 0 radical (unpaired) electrons. The van der Waals surface area contributed by atoms with Crippen LogP contribution in [0.15, 0.2) is 84.2 Å². The van der Waals surface area contributed by atoms with E-state index in [0.717, 1.165) is 89.7 Å². The number of nitrogens with one attached hydrogen (secondary N) is 1. The highest BCUT2D eigenvalue weighted by Crippen LogP contribution is 2.22. The van der Waals surface area contributed by atoms with Crippen LogP contribution in [0.5, 0.6) is 0 Å². The van der Waals surface area contributed by atoms with Crippen LogP contribution in [0.3, 0.4) is 0 Å². The van der Waals surface area contributed by atoms with E-state index in [9.17, 15) is 10.5 Å². The Hall–Kier alpha value is -4.06. The molecular formula is C35H42N8S2. The van der Waals surface area contributed by atoms with Crippen LogP contribution in [0.4, 0.5) is 5.69 Å². The maximum absolute atomic E-state index is 9.37. The number of hydrogen-bond acceptors (Lipinski definition) is 8. The molecule has 10 heteroatoms. The fraction of sp³-hybridized carbons (Fsp3) is 0.371. The molecule has 0 atom stereocenters. The number of aromatic amines is 1. The van der Waals surface area contributed by atoms with Crippen molar-refractivity contribution in [3.8, 4) is 12.1 Å². The monoisotopic (exact) mass is 638 g/mol. The molecule has 0 bridgehead atoms. The van der Waals surface area contributed by atoms with Gasteiger partial charge in [0.1, 0.15) is 32.9 Å². The molecule has 45 heavy (non-hydrogen) atoms. The smallest absolute Gasteiger partial charge is 0.123 e. The Kier molecular flexibility index (Phi) is 13.1. The molecule has 2 saturated heterocycles. The number of rotatable bonds is 7. The van der Waals surface area contributed by atoms with Crippen molar-refractivity contribution in [1.82, 2.24) is 19.7 Å². The summed E-state index contributed by atoms with van der Waals surface area (Å²) in [6.07, 6.45) is 3.98. The van der Waals surface area contributed by atoms with Gasteiger partial charge in [-0.3, -0.25) is 9.80 Å². The molecule has 5 rings (SSSR count). The number of anilines is 1. The quantitative estimate of drug-likeness (QED) is 0.194. The van der Waals surface area contributed by atoms with E-state index < -0.39 is 0 Å². The lowest BCUT2D eigenvalue weighted by Gasteiger charge is -2.25. The maximum Gasteiger partial charge on any atom is 0.123 e. The summed E-state index contributed by atoms with van der Waals surface area (Å²) in [6, 6.07) is 27.4. The zero-order chi connectivity index (χ0) is 32.0. The Balaban J connectivity index is 0.000000205. The van der Waals surface area contributed by atoms with Crippen LogP contribution < -0.4 is 10.6 Å². The molecule has 2 fully saturated rings. The van der Waals surface area contributed by atoms with E-state index in [4.69, 9.17) is 30.2 Å². The van der Waals surface area contributed by atoms with E-state index >= 15 is 0 Å². The molecule has 1 aromatic heterocycles. The minimum atomic E-state index is 0.186. The summed E-state index contributed by atoms with van der Waals surface area (Å²) in [5, 5.41) is 18.6. The molecule has 3 heterocycles. The van der Waals surface area contributed by atoms with Crippen molar-refractivity contribution in [3.05, 3.63) is 106 Å². The van der Waals surface area contributed by atoms with Gasteiger partial charge in [0.25, 0.3) is 0 Å². The lowest BCUT2D eigenvalue weighted by molar-refractivity contribution is 0.271. The summed E-state index contributed by atoms with van der Waals surface area (Å²) in [5.41, 5.74) is 11.2. The van der Waals surface area contributed by atoms with Crippen molar-refractivity contribution < 1.29 is 0 Å². The van der Waals surface area contributed by atoms with Gasteiger partial charge in [-0.05, 0) is 37.0 Å². The molecule has 8 nitrogen and oxygen atoms in total. The normalized spacial score (nSPS) is 16.6. The molecule has 0 amide bonds. The second kappa shape index (κ2) is 17.4. The summed E-state index contributed by atoms with van der Waals surface area (Å²) >= 11 is 10.2. The highest BCUT2D eigenvalue weighted by Gasteiger charge is 2.19. The fourth-order valence-electron chi connectivity index (χ4n) is 5.83. The van der Waals surface area contributed by atoms with Crippen molar-refractivity contribution in [2.75, 3.05) is 57.3 Å². The van der Waals surface area contributed by atoms with Crippen LogP contribution in [-0.4, -0.2) is 77.0 Å². The van der Waals surface area contributed by atoms with Gasteiger partial charge in [0.05, 0.1) is 5.69 Å². The number of nitrogens with zero attached hydrogens (tertiary/aromatic N) is 6. The summed E-state index contributed by atoms with van der Waals surface area (Å²) in [4.78, 5) is 12.6. The van der Waals surface area contributed by atoms with E-state index in [1.807, 2.05) is 25.3 Å². The second-order valence-electron chi connectivity index (χ2n) is 11.3. The third-order valence-corrected chi connectivity index (χ3v) is 8.79. The van der Waals surface area contributed by atoms with Gasteiger partial charge in [-0.15, -0.1) is 0 Å². The van der Waals surface area contributed by atoms with E-state index in [-0.39, 0.29) is 4.99 Å². The first-order valence-corrected chi connectivity index (χ1v) is 16.3. The second-order valence-corrected chi connectivity index (χ2v) is 12.2. The van der Waals surface area contributed by atoms with Gasteiger partial charge in [0.15, 0.2) is 0 Å². The minimum Gasteiger partial charge on any atom is -0.389 e. The third kappa shape index (κ3) is 9.97. The van der Waals surface area contributed by atoms with E-state index in [0.29, 0.717) is 15.8 Å². The number of hydrogen-bond donors (Lipinski definition) is 2. The van der Waals surface area contributed by atoms with Crippen LogP contribution in [0, 0.1) is 27.3 Å². The van der Waals surface area contributed by atoms with Gasteiger partial charge in [-0.1, -0.05) is 85.1 Å². The molecule has 2 aromatic carbocycles. The molecule has 0 spiro atoms. The summed E-state index contributed by atoms with van der Waals surface area (Å²) in [7, 11) is 0. The van der Waals surface area contributed by atoms with Gasteiger partial charge in [0, 0.05) is 77.3 Å². The predicted octanol–water partition coefficient (Wildman–Crippen LogP) is 5.61. The molecular weight excluding hydrogens is 597 g/mol.